The van der Waals surface area contributed by atoms with Crippen molar-refractivity contribution in [2.24, 2.45) is 11.8 Å². The number of methoxy groups -OCH3 is 4. The first-order chi connectivity index (χ1) is 30.4. The number of hydrogen-bond acceptors (Lipinski definition) is 12. The summed E-state index contributed by atoms with van der Waals surface area (Å²) in [5.74, 6) is -6.00. The summed E-state index contributed by atoms with van der Waals surface area (Å²) in [5.41, 5.74) is 12.3. The van der Waals surface area contributed by atoms with E-state index in [0.29, 0.717) is 22.8 Å². The number of carbonyl (C=O) groups is 6. The lowest BCUT2D eigenvalue weighted by molar-refractivity contribution is -0.155. The molecule has 16 heteroatoms. The van der Waals surface area contributed by atoms with Gasteiger partial charge in [0.25, 0.3) is 0 Å². The van der Waals surface area contributed by atoms with Crippen LogP contribution in [0.15, 0.2) is 37.4 Å². The second kappa shape index (κ2) is 20.4. The molecule has 5 heterocycles. The van der Waals surface area contributed by atoms with Gasteiger partial charge in [-0.3, -0.25) is 19.2 Å². The number of amides is 2. The zero-order valence-electron chi connectivity index (χ0n) is 38.0. The van der Waals surface area contributed by atoms with E-state index in [1.807, 2.05) is 52.0 Å². The predicted octanol–water partition coefficient (Wildman–Crippen LogP) is 6.57. The Labute approximate surface area is 371 Å². The Bertz CT molecular complexity index is 2670. The topological polar surface area (TPSA) is 221 Å². The molecule has 8 bridgehead atoms. The van der Waals surface area contributed by atoms with Gasteiger partial charge in [-0.1, -0.05) is 25.3 Å². The molecule has 0 saturated carbocycles. The van der Waals surface area contributed by atoms with Crippen LogP contribution in [-0.4, -0.2) is 96.2 Å². The van der Waals surface area contributed by atoms with Gasteiger partial charge >= 0.3 is 23.9 Å². The monoisotopic (exact) mass is 876 g/mol. The predicted molar refractivity (Wildman–Crippen MR) is 244 cm³/mol. The van der Waals surface area contributed by atoms with Crippen molar-refractivity contribution < 1.29 is 47.7 Å². The smallest absolute Gasteiger partial charge is 0.329 e. The van der Waals surface area contributed by atoms with Gasteiger partial charge in [-0.2, -0.15) is 0 Å². The van der Waals surface area contributed by atoms with E-state index in [1.165, 1.54) is 42.3 Å². The van der Waals surface area contributed by atoms with Gasteiger partial charge in [-0.05, 0) is 112 Å². The summed E-state index contributed by atoms with van der Waals surface area (Å²) in [4.78, 5) is 94.4. The van der Waals surface area contributed by atoms with E-state index in [9.17, 15) is 28.8 Å². The number of aromatic amines is 2. The minimum absolute atomic E-state index is 0.0844. The molecule has 4 atom stereocenters. The highest BCUT2D eigenvalue weighted by molar-refractivity contribution is 5.98. The molecule has 0 radical (unpaired) electrons. The molecule has 0 aliphatic carbocycles. The summed E-state index contributed by atoms with van der Waals surface area (Å²) in [6, 6.07) is 5.16. The molecule has 0 saturated heterocycles. The zero-order chi connectivity index (χ0) is 47.2. The molecular weight excluding hydrogens is 821 g/mol. The molecule has 64 heavy (non-hydrogen) atoms. The van der Waals surface area contributed by atoms with Crippen molar-refractivity contribution >= 4 is 92.2 Å². The van der Waals surface area contributed by atoms with Crippen molar-refractivity contribution in [3.63, 3.8) is 0 Å². The number of rotatable bonds is 16. The molecule has 4 N–H and O–H groups in total. The van der Waals surface area contributed by atoms with E-state index in [2.05, 4.69) is 33.8 Å². The minimum Gasteiger partial charge on any atom is -0.469 e. The average molecular weight is 877 g/mol. The quantitative estimate of drug-likeness (QED) is 0.0887. The van der Waals surface area contributed by atoms with Gasteiger partial charge in [0.2, 0.25) is 11.8 Å². The minimum atomic E-state index is -1.28. The van der Waals surface area contributed by atoms with Crippen LogP contribution in [0.1, 0.15) is 98.4 Å². The molecule has 2 amide bonds. The normalized spacial score (nSPS) is 14.2. The number of esters is 4. The number of ether oxygens (including phenoxy) is 4. The number of allylic oxidation sites excluding steroid dienone is 4. The molecule has 2 aliphatic heterocycles. The van der Waals surface area contributed by atoms with Gasteiger partial charge in [-0.15, -0.1) is 0 Å². The van der Waals surface area contributed by atoms with E-state index in [4.69, 9.17) is 28.9 Å². The number of H-pyrrole nitrogens is 2. The standard InChI is InChI=1S/C48H56N6O10/c1-13-29-23(3)33-19-34-25(5)31(15-17-41(55)53-43(47(59)63-11)27(7)45(57)61-9)39(51-34)22-40-32(16-18-42(56)54-44(48(60)64-12)28(8)46(58)62-10)26(6)36(52-40)21-38-30(14-2)24(4)35(50-38)20-37(29)49-33/h13-14,19-22,27-28,43-44,49-50H,1-2,15-18H2,3-12H3,(H,53,55)(H,54,56)/t27?,28?,43-,44-/m0/s1. The number of carbonyl (C=O) groups excluding carboxylic acids is 6. The first-order valence-corrected chi connectivity index (χ1v) is 20.7. The number of fused-ring (bicyclic) bond motifs is 8. The first-order valence-electron chi connectivity index (χ1n) is 20.7. The highest BCUT2D eigenvalue weighted by Crippen LogP contribution is 2.38. The third-order valence-electron chi connectivity index (χ3n) is 11.9. The summed E-state index contributed by atoms with van der Waals surface area (Å²) in [5, 5.41) is 5.30. The molecule has 0 spiro atoms. The Morgan fingerprint density at radius 2 is 0.922 bits per heavy atom. The number of hydrogen-bond donors (Lipinski definition) is 4. The van der Waals surface area contributed by atoms with Crippen molar-refractivity contribution in [1.82, 2.24) is 30.6 Å². The van der Waals surface area contributed by atoms with Gasteiger partial charge in [-0.25, -0.2) is 19.6 Å². The Hall–Kier alpha value is -7.10. The van der Waals surface area contributed by atoms with E-state index in [-0.39, 0.29) is 25.7 Å². The number of aromatic nitrogens is 4. The molecular formula is C48H56N6O10. The number of nitrogens with zero attached hydrogens (tertiary/aromatic N) is 2. The lowest BCUT2D eigenvalue weighted by Gasteiger charge is -2.21. The molecule has 3 aromatic heterocycles. The van der Waals surface area contributed by atoms with Crippen LogP contribution in [-0.2, 0) is 47.7 Å². The first kappa shape index (κ1) is 47.9. The molecule has 0 aromatic carbocycles. The zero-order valence-corrected chi connectivity index (χ0v) is 38.0. The molecule has 338 valence electrons. The Balaban J connectivity index is 1.68. The highest BCUT2D eigenvalue weighted by Gasteiger charge is 2.35. The van der Waals surface area contributed by atoms with Gasteiger partial charge in [0.1, 0.15) is 12.1 Å². The fourth-order valence-corrected chi connectivity index (χ4v) is 7.95. The van der Waals surface area contributed by atoms with E-state index in [0.717, 1.165) is 66.6 Å². The van der Waals surface area contributed by atoms with Gasteiger partial charge in [0, 0.05) is 46.0 Å². The maximum Gasteiger partial charge on any atom is 0.329 e. The van der Waals surface area contributed by atoms with Crippen LogP contribution in [0.25, 0.3) is 56.5 Å². The SMILES string of the molecule is C=Cc1c(C)c2cc3[nH]c(cc4nc(cc5nc(cc1[nH]2)C(C)=C5CCC(=O)N[C@H](C(=O)OC)C(C)C(=O)OC)C(CCC(=O)N[C@H](C(=O)OC)C(C)C(=O)OC)=C4C)c(C)c3C=C. The maximum absolute atomic E-state index is 13.5. The average Bonchev–Trinajstić information content (AvgIpc) is 3.95. The van der Waals surface area contributed by atoms with Crippen LogP contribution in [0.4, 0.5) is 0 Å². The largest absolute Gasteiger partial charge is 0.469 e. The molecule has 5 rings (SSSR count). The van der Waals surface area contributed by atoms with Crippen molar-refractivity contribution in [3.8, 4) is 0 Å². The summed E-state index contributed by atoms with van der Waals surface area (Å²) < 4.78 is 19.4. The van der Waals surface area contributed by atoms with Crippen molar-refractivity contribution in [2.45, 2.75) is 79.3 Å². The summed E-state index contributed by atoms with van der Waals surface area (Å²) in [6.45, 7) is 18.9. The third kappa shape index (κ3) is 9.90. The molecule has 2 aliphatic rings. The molecule has 16 nitrogen and oxygen atoms in total. The summed E-state index contributed by atoms with van der Waals surface area (Å²) in [6.07, 6.45) is 3.78. The van der Waals surface area contributed by atoms with Crippen LogP contribution in [0.2, 0.25) is 0 Å². The van der Waals surface area contributed by atoms with Crippen LogP contribution >= 0.6 is 0 Å². The van der Waals surface area contributed by atoms with Crippen LogP contribution < -0.4 is 10.6 Å². The fourth-order valence-electron chi connectivity index (χ4n) is 7.95. The second-order valence-corrected chi connectivity index (χ2v) is 15.7. The van der Waals surface area contributed by atoms with E-state index < -0.39 is 59.6 Å². The lowest BCUT2D eigenvalue weighted by atomic mass is 9.97. The molecule has 0 fully saturated rings. The fraction of sp³-hybridized carbons (Fsp3) is 0.375. The third-order valence-corrected chi connectivity index (χ3v) is 11.9. The van der Waals surface area contributed by atoms with E-state index >= 15 is 0 Å². The number of nitrogens with one attached hydrogen (secondary N) is 4. The van der Waals surface area contributed by atoms with E-state index in [1.54, 1.807) is 12.2 Å². The second-order valence-electron chi connectivity index (χ2n) is 15.7. The highest BCUT2D eigenvalue weighted by atomic mass is 16.5. The van der Waals surface area contributed by atoms with Crippen molar-refractivity contribution in [1.29, 1.82) is 0 Å². The van der Waals surface area contributed by atoms with Crippen LogP contribution in [0.5, 0.6) is 0 Å². The van der Waals surface area contributed by atoms with Gasteiger partial charge < -0.3 is 39.5 Å². The van der Waals surface area contributed by atoms with Gasteiger partial charge in [0.05, 0.1) is 63.1 Å². The lowest BCUT2D eigenvalue weighted by Crippen LogP contribution is -2.48. The van der Waals surface area contributed by atoms with Crippen LogP contribution in [0.3, 0.4) is 0 Å². The number of aryl methyl sites for hydroxylation is 2. The molecule has 2 unspecified atom stereocenters. The summed E-state index contributed by atoms with van der Waals surface area (Å²) >= 11 is 0. The maximum atomic E-state index is 13.5. The summed E-state index contributed by atoms with van der Waals surface area (Å²) in [7, 11) is 4.73. The Kier molecular flexibility index (Phi) is 15.3. The van der Waals surface area contributed by atoms with Gasteiger partial charge in [0.15, 0.2) is 0 Å². The van der Waals surface area contributed by atoms with Crippen molar-refractivity contribution in [3.05, 3.63) is 82.5 Å². The van der Waals surface area contributed by atoms with Crippen LogP contribution in [0, 0.1) is 25.7 Å². The molecule has 3 aromatic rings. The van der Waals surface area contributed by atoms with Crippen molar-refractivity contribution in [2.75, 3.05) is 28.4 Å². The Morgan fingerprint density at radius 1 is 0.562 bits per heavy atom. The Morgan fingerprint density at radius 3 is 1.30 bits per heavy atom.